The molecule has 0 aliphatic heterocycles. The van der Waals surface area contributed by atoms with Crippen molar-refractivity contribution in [2.24, 2.45) is 7.05 Å². The van der Waals surface area contributed by atoms with Crippen LogP contribution in [0.4, 0.5) is 0 Å². The molecule has 2 aromatic heterocycles. The number of pyridine rings is 1. The van der Waals surface area contributed by atoms with E-state index in [1.165, 1.54) is 0 Å². The molecule has 6 nitrogen and oxygen atoms in total. The first kappa shape index (κ1) is 15.1. The zero-order valence-electron chi connectivity index (χ0n) is 12.6. The summed E-state index contributed by atoms with van der Waals surface area (Å²) in [5, 5.41) is 8.09. The third-order valence-corrected chi connectivity index (χ3v) is 3.99. The molecule has 7 heteroatoms. The van der Waals surface area contributed by atoms with Crippen LogP contribution in [0.5, 0.6) is 11.6 Å². The number of nitrogens with zero attached hydrogens (tertiary/aromatic N) is 3. The quantitative estimate of drug-likeness (QED) is 0.513. The molecule has 0 fully saturated rings. The molecule has 0 amide bonds. The molecule has 0 bridgehead atoms. The normalized spacial score (nSPS) is 11.3. The molecule has 0 N–H and O–H groups in total. The maximum absolute atomic E-state index is 5.63. The number of aryl methyl sites for hydroxylation is 1. The third-order valence-electron chi connectivity index (χ3n) is 3.46. The first-order valence-corrected chi connectivity index (χ1v) is 7.82. The van der Waals surface area contributed by atoms with Crippen molar-refractivity contribution < 1.29 is 14.2 Å². The van der Waals surface area contributed by atoms with Gasteiger partial charge in [0.1, 0.15) is 5.75 Å². The monoisotopic (exact) mass is 365 g/mol. The van der Waals surface area contributed by atoms with Crippen LogP contribution in [0.2, 0.25) is 0 Å². The van der Waals surface area contributed by atoms with Crippen molar-refractivity contribution in [2.75, 3.05) is 21.0 Å². The zero-order valence-corrected chi connectivity index (χ0v) is 14.2. The summed E-state index contributed by atoms with van der Waals surface area (Å²) in [7, 11) is 5.09. The Morgan fingerprint density at radius 1 is 1.23 bits per heavy atom. The van der Waals surface area contributed by atoms with Crippen molar-refractivity contribution >= 4 is 37.7 Å². The second-order valence-electron chi connectivity index (χ2n) is 4.78. The molecule has 0 saturated carbocycles. The molecule has 0 saturated heterocycles. The highest BCUT2D eigenvalue weighted by molar-refractivity contribution is 9.08. The Morgan fingerprint density at radius 3 is 2.73 bits per heavy atom. The van der Waals surface area contributed by atoms with Gasteiger partial charge >= 0.3 is 0 Å². The summed E-state index contributed by atoms with van der Waals surface area (Å²) < 4.78 is 17.7. The molecule has 0 aliphatic carbocycles. The van der Waals surface area contributed by atoms with Crippen LogP contribution in [0.25, 0.3) is 21.8 Å². The summed E-state index contributed by atoms with van der Waals surface area (Å²) in [6.07, 6.45) is 0. The molecule has 0 aliphatic rings. The lowest BCUT2D eigenvalue weighted by molar-refractivity contribution is 0.0492. The van der Waals surface area contributed by atoms with E-state index in [1.54, 1.807) is 18.9 Å². The SMILES string of the molecule is COCOc1nc2c(c(CBr)nn2C)c2ccc(OC)cc12. The zero-order chi connectivity index (χ0) is 15.7. The van der Waals surface area contributed by atoms with Crippen LogP contribution in [-0.2, 0) is 17.1 Å². The number of methoxy groups -OCH3 is 2. The number of fused-ring (bicyclic) bond motifs is 3. The van der Waals surface area contributed by atoms with Gasteiger partial charge in [-0.1, -0.05) is 15.9 Å². The second-order valence-corrected chi connectivity index (χ2v) is 5.34. The van der Waals surface area contributed by atoms with Gasteiger partial charge in [-0.25, -0.2) is 0 Å². The minimum Gasteiger partial charge on any atom is -0.497 e. The fraction of sp³-hybridized carbons (Fsp3) is 0.333. The Hall–Kier alpha value is -1.86. The minimum atomic E-state index is 0.133. The first-order chi connectivity index (χ1) is 10.7. The summed E-state index contributed by atoms with van der Waals surface area (Å²) >= 11 is 3.49. The predicted molar refractivity (Wildman–Crippen MR) is 87.7 cm³/mol. The Kier molecular flexibility index (Phi) is 4.17. The number of alkyl halides is 1. The van der Waals surface area contributed by atoms with Crippen LogP contribution in [-0.4, -0.2) is 35.8 Å². The summed E-state index contributed by atoms with van der Waals surface area (Å²) in [5.41, 5.74) is 1.72. The van der Waals surface area contributed by atoms with E-state index in [4.69, 9.17) is 14.2 Å². The number of aromatic nitrogens is 3. The Bertz CT molecular complexity index is 832. The Balaban J connectivity index is 2.37. The summed E-state index contributed by atoms with van der Waals surface area (Å²) in [6, 6.07) is 5.84. The number of benzene rings is 1. The van der Waals surface area contributed by atoms with Crippen molar-refractivity contribution in [3.05, 3.63) is 23.9 Å². The van der Waals surface area contributed by atoms with Gasteiger partial charge in [0.15, 0.2) is 12.4 Å². The number of hydrogen-bond donors (Lipinski definition) is 0. The molecule has 0 radical (unpaired) electrons. The highest BCUT2D eigenvalue weighted by Gasteiger charge is 2.17. The number of halogens is 1. The second kappa shape index (κ2) is 6.10. The average Bonchev–Trinajstić information content (AvgIpc) is 2.88. The lowest BCUT2D eigenvalue weighted by Crippen LogP contribution is -2.02. The molecule has 3 rings (SSSR count). The lowest BCUT2D eigenvalue weighted by Gasteiger charge is -2.10. The first-order valence-electron chi connectivity index (χ1n) is 6.70. The van der Waals surface area contributed by atoms with Crippen LogP contribution in [0.1, 0.15) is 5.69 Å². The maximum atomic E-state index is 5.63. The van der Waals surface area contributed by atoms with Gasteiger partial charge < -0.3 is 14.2 Å². The smallest absolute Gasteiger partial charge is 0.225 e. The van der Waals surface area contributed by atoms with Gasteiger partial charge in [-0.2, -0.15) is 10.1 Å². The molecule has 2 heterocycles. The average molecular weight is 366 g/mol. The lowest BCUT2D eigenvalue weighted by atomic mass is 10.1. The topological polar surface area (TPSA) is 58.4 Å². The van der Waals surface area contributed by atoms with E-state index in [9.17, 15) is 0 Å². The van der Waals surface area contributed by atoms with Crippen molar-refractivity contribution in [3.63, 3.8) is 0 Å². The largest absolute Gasteiger partial charge is 0.497 e. The van der Waals surface area contributed by atoms with Gasteiger partial charge in [-0.3, -0.25) is 4.68 Å². The van der Waals surface area contributed by atoms with Crippen molar-refractivity contribution in [1.82, 2.24) is 14.8 Å². The van der Waals surface area contributed by atoms with Crippen molar-refractivity contribution in [2.45, 2.75) is 5.33 Å². The maximum Gasteiger partial charge on any atom is 0.225 e. The van der Waals surface area contributed by atoms with E-state index in [1.807, 2.05) is 25.2 Å². The van der Waals surface area contributed by atoms with E-state index >= 15 is 0 Å². The van der Waals surface area contributed by atoms with Crippen LogP contribution in [0.15, 0.2) is 18.2 Å². The van der Waals surface area contributed by atoms with E-state index in [2.05, 4.69) is 26.0 Å². The summed E-state index contributed by atoms with van der Waals surface area (Å²) in [4.78, 5) is 4.61. The van der Waals surface area contributed by atoms with Crippen LogP contribution < -0.4 is 9.47 Å². The Labute approximate surface area is 136 Å². The molecular formula is C15H16BrN3O3. The highest BCUT2D eigenvalue weighted by atomic mass is 79.9. The van der Waals surface area contributed by atoms with Gasteiger partial charge in [0.05, 0.1) is 18.2 Å². The van der Waals surface area contributed by atoms with E-state index in [0.29, 0.717) is 11.2 Å². The molecule has 0 atom stereocenters. The Morgan fingerprint density at radius 2 is 2.05 bits per heavy atom. The highest BCUT2D eigenvalue weighted by Crippen LogP contribution is 2.35. The summed E-state index contributed by atoms with van der Waals surface area (Å²) in [6.45, 7) is 0.133. The van der Waals surface area contributed by atoms with Gasteiger partial charge in [-0.05, 0) is 18.2 Å². The molecule has 3 aromatic rings. The molecule has 0 spiro atoms. The van der Waals surface area contributed by atoms with Gasteiger partial charge in [0, 0.05) is 30.3 Å². The van der Waals surface area contributed by atoms with Crippen LogP contribution in [0.3, 0.4) is 0 Å². The van der Waals surface area contributed by atoms with Crippen LogP contribution in [0, 0.1) is 0 Å². The fourth-order valence-corrected chi connectivity index (χ4v) is 2.89. The van der Waals surface area contributed by atoms with Gasteiger partial charge in [-0.15, -0.1) is 0 Å². The van der Waals surface area contributed by atoms with Crippen molar-refractivity contribution in [3.8, 4) is 11.6 Å². The predicted octanol–water partition coefficient (Wildman–Crippen LogP) is 3.01. The van der Waals surface area contributed by atoms with Crippen LogP contribution >= 0.6 is 15.9 Å². The number of hydrogen-bond acceptors (Lipinski definition) is 5. The standard InChI is InChI=1S/C15H16BrN3O3/c1-19-14-13(12(7-16)18-19)10-5-4-9(21-3)6-11(10)15(17-14)22-8-20-2/h4-6H,7-8H2,1-3H3. The van der Waals surface area contributed by atoms with Crippen molar-refractivity contribution in [1.29, 1.82) is 0 Å². The number of ether oxygens (including phenoxy) is 3. The van der Waals surface area contributed by atoms with E-state index in [0.717, 1.165) is 33.2 Å². The van der Waals surface area contributed by atoms with E-state index < -0.39 is 0 Å². The molecule has 0 unspecified atom stereocenters. The fourth-order valence-electron chi connectivity index (χ4n) is 2.49. The summed E-state index contributed by atoms with van der Waals surface area (Å²) in [5.74, 6) is 1.26. The molecule has 1 aromatic carbocycles. The minimum absolute atomic E-state index is 0.133. The van der Waals surface area contributed by atoms with Gasteiger partial charge in [0.25, 0.3) is 0 Å². The van der Waals surface area contributed by atoms with Gasteiger partial charge in [0.2, 0.25) is 5.88 Å². The molecule has 22 heavy (non-hydrogen) atoms. The third kappa shape index (κ3) is 2.40. The molecular weight excluding hydrogens is 350 g/mol. The molecule has 116 valence electrons. The number of rotatable bonds is 5. The van der Waals surface area contributed by atoms with E-state index in [-0.39, 0.29) is 6.79 Å².